The van der Waals surface area contributed by atoms with Gasteiger partial charge in [-0.15, -0.1) is 0 Å². The summed E-state index contributed by atoms with van der Waals surface area (Å²) in [5.41, 5.74) is 0.312. The van der Waals surface area contributed by atoms with Gasteiger partial charge in [0.1, 0.15) is 18.1 Å². The maximum absolute atomic E-state index is 12.4. The maximum atomic E-state index is 12.4. The zero-order chi connectivity index (χ0) is 40.0. The van der Waals surface area contributed by atoms with E-state index in [2.05, 4.69) is 138 Å². The lowest BCUT2D eigenvalue weighted by molar-refractivity contribution is -0.151. The van der Waals surface area contributed by atoms with E-state index in [4.69, 9.17) is 18.3 Å². The second-order valence-electron chi connectivity index (χ2n) is 19.4. The summed E-state index contributed by atoms with van der Waals surface area (Å²) in [6.07, 6.45) is 1.27. The van der Waals surface area contributed by atoms with E-state index in [1.807, 2.05) is 33.8 Å². The third-order valence-electron chi connectivity index (χ3n) is 11.4. The van der Waals surface area contributed by atoms with Crippen molar-refractivity contribution in [1.82, 2.24) is 0 Å². The van der Waals surface area contributed by atoms with E-state index in [9.17, 15) is 9.90 Å². The van der Waals surface area contributed by atoms with E-state index < -0.39 is 28.2 Å². The van der Waals surface area contributed by atoms with E-state index in [0.29, 0.717) is 6.42 Å². The van der Waals surface area contributed by atoms with E-state index >= 15 is 0 Å². The first-order chi connectivity index (χ1) is 23.6. The molecule has 0 saturated carbocycles. The minimum Gasteiger partial charge on any atom is -0.461 e. The zero-order valence-electron chi connectivity index (χ0n) is 36.0. The number of thioether (sulfide) groups is 1. The number of carbonyl (C=O) groups excluding carboxylic acids is 1. The van der Waals surface area contributed by atoms with Crippen molar-refractivity contribution in [3.05, 3.63) is 42.0 Å². The van der Waals surface area contributed by atoms with Crippen LogP contribution >= 0.6 is 11.8 Å². The first-order valence-corrected chi connectivity index (χ1v) is 26.0. The van der Waals surface area contributed by atoms with Crippen LogP contribution in [-0.4, -0.2) is 64.2 Å². The molecule has 0 spiro atoms. The Morgan fingerprint density at radius 1 is 0.923 bits per heavy atom. The highest BCUT2D eigenvalue weighted by Crippen LogP contribution is 2.46. The molecule has 6 nitrogen and oxygen atoms in total. The highest BCUT2D eigenvalue weighted by Gasteiger charge is 2.48. The Hall–Kier alpha value is -1.39. The number of aliphatic hydroxyl groups is 1. The average molecular weight is 775 g/mol. The lowest BCUT2D eigenvalue weighted by atomic mass is 9.84. The molecule has 1 saturated heterocycles. The van der Waals surface area contributed by atoms with Gasteiger partial charge in [-0.05, 0) is 88.6 Å². The fraction of sp³-hybridized carbons (Fsp3) is 0.744. The van der Waals surface area contributed by atoms with Crippen LogP contribution in [0.2, 0.25) is 36.3 Å². The topological polar surface area (TPSA) is 74.2 Å². The molecule has 0 aromatic heterocycles. The molecule has 1 fully saturated rings. The van der Waals surface area contributed by atoms with Gasteiger partial charge in [0.2, 0.25) is 0 Å². The first kappa shape index (κ1) is 46.8. The van der Waals surface area contributed by atoms with Crippen molar-refractivity contribution in [2.75, 3.05) is 6.61 Å². The van der Waals surface area contributed by atoms with Crippen LogP contribution in [0.4, 0.5) is 0 Å². The predicted octanol–water partition coefficient (Wildman–Crippen LogP) is 11.1. The third kappa shape index (κ3) is 13.4. The summed E-state index contributed by atoms with van der Waals surface area (Å²) in [6.45, 7) is 39.2. The molecule has 1 aliphatic heterocycles. The molecule has 0 bridgehead atoms. The standard InChI is InChI=1S/C43H74O6SSi2/c1-29(28-46-40(45)41(6,7)8)26-31(3)37(48-51(15,16)42(9,10)11)30(2)24-25-34(44)27-36-32(4)38(49-52(17,18)43(12,13)14)33(5)39(47-36)50-35-22-20-19-21-23-35/h19-23,26,30-34,36-39,44H,27-28H2,1-18H3/b29-26-/t30-,31-,32-,33+,34-,36-,37-,38-,39-/m0/s1. The third-order valence-corrected chi connectivity index (χ3v) is 21.6. The quantitative estimate of drug-likeness (QED) is 0.0926. The molecule has 1 aromatic rings. The van der Waals surface area contributed by atoms with Crippen LogP contribution in [0, 0.1) is 40.9 Å². The summed E-state index contributed by atoms with van der Waals surface area (Å²) in [5, 5.41) is 11.6. The number of aliphatic hydroxyl groups excluding tert-OH is 1. The van der Waals surface area contributed by atoms with Crippen LogP contribution in [-0.2, 0) is 23.1 Å². The van der Waals surface area contributed by atoms with E-state index in [-0.39, 0.29) is 70.1 Å². The number of ether oxygens (including phenoxy) is 2. The van der Waals surface area contributed by atoms with Gasteiger partial charge in [0.25, 0.3) is 0 Å². The Morgan fingerprint density at radius 3 is 2.00 bits per heavy atom. The Balaban J connectivity index is 2.36. The Morgan fingerprint density at radius 2 is 1.48 bits per heavy atom. The Bertz CT molecular complexity index is 1380. The molecule has 1 aliphatic rings. The second-order valence-corrected chi connectivity index (χ2v) is 30.1. The lowest BCUT2D eigenvalue weighted by Crippen LogP contribution is -2.55. The molecular formula is C43H74O6SSi2. The fourth-order valence-electron chi connectivity index (χ4n) is 5.79. The summed E-state index contributed by atoms with van der Waals surface area (Å²) >= 11 is 1.74. The highest BCUT2D eigenvalue weighted by atomic mass is 32.2. The molecule has 1 heterocycles. The van der Waals surface area contributed by atoms with Crippen LogP contribution in [0.5, 0.6) is 0 Å². The van der Waals surface area contributed by atoms with Gasteiger partial charge in [-0.3, -0.25) is 4.79 Å². The van der Waals surface area contributed by atoms with Gasteiger partial charge in [-0.25, -0.2) is 0 Å². The summed E-state index contributed by atoms with van der Waals surface area (Å²) < 4.78 is 26.6. The summed E-state index contributed by atoms with van der Waals surface area (Å²) in [6, 6.07) is 10.4. The van der Waals surface area contributed by atoms with Gasteiger partial charge < -0.3 is 23.4 Å². The number of hydrogen-bond acceptors (Lipinski definition) is 7. The Labute approximate surface area is 325 Å². The first-order valence-electron chi connectivity index (χ1n) is 19.3. The molecular weight excluding hydrogens is 701 g/mol. The molecule has 0 radical (unpaired) electrons. The molecule has 52 heavy (non-hydrogen) atoms. The van der Waals surface area contributed by atoms with Gasteiger partial charge in [0.05, 0.1) is 23.7 Å². The summed E-state index contributed by atoms with van der Waals surface area (Å²) in [5.74, 6) is 6.51. The Kier molecular flexibility index (Phi) is 16.6. The second kappa shape index (κ2) is 18.5. The van der Waals surface area contributed by atoms with Crippen molar-refractivity contribution in [2.45, 2.75) is 174 Å². The summed E-state index contributed by atoms with van der Waals surface area (Å²) in [7, 11) is -4.25. The van der Waals surface area contributed by atoms with Crippen molar-refractivity contribution >= 4 is 34.4 Å². The summed E-state index contributed by atoms with van der Waals surface area (Å²) in [4.78, 5) is 13.6. The number of benzene rings is 1. The minimum atomic E-state index is -2.17. The number of carbonyl (C=O) groups is 1. The van der Waals surface area contributed by atoms with Crippen molar-refractivity contribution in [3.63, 3.8) is 0 Å². The monoisotopic (exact) mass is 774 g/mol. The lowest BCUT2D eigenvalue weighted by Gasteiger charge is -2.49. The predicted molar refractivity (Wildman–Crippen MR) is 224 cm³/mol. The smallest absolute Gasteiger partial charge is 0.311 e. The van der Waals surface area contributed by atoms with Crippen molar-refractivity contribution in [2.24, 2.45) is 29.1 Å². The maximum Gasteiger partial charge on any atom is 0.311 e. The molecule has 9 heteroatoms. The molecule has 2 rings (SSSR count). The highest BCUT2D eigenvalue weighted by molar-refractivity contribution is 7.99. The van der Waals surface area contributed by atoms with Crippen molar-refractivity contribution in [1.29, 1.82) is 0 Å². The molecule has 0 unspecified atom stereocenters. The minimum absolute atomic E-state index is 0.000790. The van der Waals surface area contributed by atoms with Gasteiger partial charge in [0.15, 0.2) is 16.6 Å². The van der Waals surface area contributed by atoms with Crippen LogP contribution in [0.1, 0.15) is 103 Å². The van der Waals surface area contributed by atoms with Crippen LogP contribution < -0.4 is 0 Å². The molecule has 0 amide bonds. The largest absolute Gasteiger partial charge is 0.461 e. The number of esters is 1. The average Bonchev–Trinajstić information content (AvgIpc) is 3.00. The van der Waals surface area contributed by atoms with Crippen molar-refractivity contribution < 1.29 is 28.2 Å². The van der Waals surface area contributed by atoms with Gasteiger partial charge in [-0.1, -0.05) is 110 Å². The molecule has 9 atom stereocenters. The molecule has 1 N–H and O–H groups in total. The van der Waals surface area contributed by atoms with Gasteiger partial charge in [-0.2, -0.15) is 0 Å². The molecule has 0 aliphatic carbocycles. The SMILES string of the molecule is C/C(=C/[C@H](C)[C@@H](O[Si](C)(C)C(C)(C)C)[C@@H](C)C#C[C@H](O)C[C@@H]1O[C@@H](Sc2ccccc2)[C@H](C)[C@@H](O[Si](C)(C)C(C)(C)C)[C@H]1C)COC(=O)C(C)(C)C. The normalized spacial score (nSPS) is 24.7. The molecule has 1 aromatic carbocycles. The number of rotatable bonds is 13. The van der Waals surface area contributed by atoms with E-state index in [0.717, 1.165) is 10.5 Å². The van der Waals surface area contributed by atoms with Crippen LogP contribution in [0.25, 0.3) is 0 Å². The van der Waals surface area contributed by atoms with Crippen LogP contribution in [0.3, 0.4) is 0 Å². The van der Waals surface area contributed by atoms with Crippen molar-refractivity contribution in [3.8, 4) is 11.8 Å². The van der Waals surface area contributed by atoms with E-state index in [1.165, 1.54) is 0 Å². The molecule has 296 valence electrons. The van der Waals surface area contributed by atoms with E-state index in [1.54, 1.807) is 11.8 Å². The van der Waals surface area contributed by atoms with Gasteiger partial charge in [0, 0.05) is 35.0 Å². The van der Waals surface area contributed by atoms with Gasteiger partial charge >= 0.3 is 5.97 Å². The fourth-order valence-corrected chi connectivity index (χ4v) is 9.86. The zero-order valence-corrected chi connectivity index (χ0v) is 38.8. The number of hydrogen-bond donors (Lipinski definition) is 1. The van der Waals surface area contributed by atoms with Crippen LogP contribution in [0.15, 0.2) is 46.9 Å².